The lowest BCUT2D eigenvalue weighted by atomic mass is 9.95. The second-order valence-electron chi connectivity index (χ2n) is 36.5. The molecule has 14 atom stereocenters. The molecule has 9 fully saturated rings. The molecule has 2 saturated heterocycles. The largest absolute Gasteiger partial charge is 0.496 e. The van der Waals surface area contributed by atoms with Crippen molar-refractivity contribution >= 4 is 147 Å². The number of alkyl carbamates (subject to hydrolysis) is 1. The number of carboxylic acid groups (broad SMARTS) is 2. The van der Waals surface area contributed by atoms with E-state index in [2.05, 4.69) is 56.7 Å². The van der Waals surface area contributed by atoms with Crippen LogP contribution in [0.5, 0.6) is 11.5 Å². The summed E-state index contributed by atoms with van der Waals surface area (Å²) in [4.78, 5) is 205. The molecule has 15 N–H and O–H groups in total. The van der Waals surface area contributed by atoms with Crippen molar-refractivity contribution in [3.8, 4) is 11.5 Å². The zero-order valence-corrected chi connectivity index (χ0v) is 80.4. The number of aromatic nitrogens is 2. The molecule has 0 spiro atoms. The summed E-state index contributed by atoms with van der Waals surface area (Å²) in [6.45, 7) is 10.3. The van der Waals surface area contributed by atoms with Crippen molar-refractivity contribution in [2.24, 2.45) is 76.6 Å². The summed E-state index contributed by atoms with van der Waals surface area (Å²) in [5.74, 6) is -2.64. The number of methoxy groups -OCH3 is 7. The number of amides is 7. The van der Waals surface area contributed by atoms with Gasteiger partial charge in [-0.1, -0.05) is 77.3 Å². The number of halogens is 2. The molecule has 4 heterocycles. The molecule has 7 amide bonds. The van der Waals surface area contributed by atoms with E-state index in [0.29, 0.717) is 118 Å². The first-order chi connectivity index (χ1) is 62.7. The Hall–Kier alpha value is -11.0. The summed E-state index contributed by atoms with van der Waals surface area (Å²) in [5, 5.41) is 38.1. The van der Waals surface area contributed by atoms with Gasteiger partial charge in [0.1, 0.15) is 82.1 Å². The zero-order valence-electron chi connectivity index (χ0n) is 78.8. The number of aromatic amines is 2. The Morgan fingerprint density at radius 2 is 0.799 bits per heavy atom. The Kier molecular flexibility index (Phi) is 47.2. The van der Waals surface area contributed by atoms with Crippen molar-refractivity contribution in [3.63, 3.8) is 0 Å². The molecular formula is C94H139Cl2N11O27. The van der Waals surface area contributed by atoms with Crippen LogP contribution in [0.25, 0.3) is 21.8 Å². The number of rotatable bonds is 36. The van der Waals surface area contributed by atoms with E-state index >= 15 is 0 Å². The molecular weight excluding hydrogens is 1790 g/mol. The lowest BCUT2D eigenvalue weighted by Crippen LogP contribution is -2.52. The average molecular weight is 1930 g/mol. The van der Waals surface area contributed by atoms with Crippen LogP contribution in [0.4, 0.5) is 4.79 Å². The third kappa shape index (κ3) is 38.1. The van der Waals surface area contributed by atoms with Crippen LogP contribution in [-0.4, -0.2) is 232 Å². The van der Waals surface area contributed by atoms with Crippen LogP contribution in [0, 0.1) is 65.1 Å². The molecule has 0 bridgehead atoms. The van der Waals surface area contributed by atoms with Crippen molar-refractivity contribution in [1.29, 1.82) is 0 Å². The number of nitrogens with one attached hydrogen (secondary N) is 9. The first-order valence-electron chi connectivity index (χ1n) is 45.7. The summed E-state index contributed by atoms with van der Waals surface area (Å²) in [7, 11) is 9.63. The van der Waals surface area contributed by atoms with E-state index < -0.39 is 102 Å². The van der Waals surface area contributed by atoms with Gasteiger partial charge in [-0.05, 0) is 190 Å². The van der Waals surface area contributed by atoms with Crippen molar-refractivity contribution < 1.29 is 130 Å². The lowest BCUT2D eigenvalue weighted by Gasteiger charge is -2.23. The monoisotopic (exact) mass is 1920 g/mol. The zero-order chi connectivity index (χ0) is 97.2. The number of ether oxygens (including phenoxy) is 8. The predicted molar refractivity (Wildman–Crippen MR) is 495 cm³/mol. The van der Waals surface area contributed by atoms with E-state index in [1.807, 2.05) is 37.3 Å². The highest BCUT2D eigenvalue weighted by Crippen LogP contribution is 2.38. The second kappa shape index (κ2) is 55.8. The van der Waals surface area contributed by atoms with Gasteiger partial charge in [-0.2, -0.15) is 0 Å². The van der Waals surface area contributed by atoms with Gasteiger partial charge in [-0.15, -0.1) is 24.8 Å². The highest BCUT2D eigenvalue weighted by molar-refractivity contribution is 6.02. The number of ketones is 3. The van der Waals surface area contributed by atoms with E-state index in [-0.39, 0.29) is 125 Å². The Labute approximate surface area is 793 Å². The average Bonchev–Trinajstić information content (AvgIpc) is 1.66. The van der Waals surface area contributed by atoms with Crippen LogP contribution in [0.15, 0.2) is 48.5 Å². The third-order valence-electron chi connectivity index (χ3n) is 24.6. The number of carboxylic acids is 2. The normalized spacial score (nSPS) is 20.4. The number of carbonyl (C=O) groups excluding carboxylic acids is 15. The predicted octanol–water partition coefficient (Wildman–Crippen LogP) is 8.68. The van der Waals surface area contributed by atoms with Crippen molar-refractivity contribution in [2.75, 3.05) is 62.9 Å². The maximum Gasteiger partial charge on any atom is 0.408 e. The van der Waals surface area contributed by atoms with Gasteiger partial charge in [0.25, 0.3) is 5.91 Å². The summed E-state index contributed by atoms with van der Waals surface area (Å²) < 4.78 is 38.9. The van der Waals surface area contributed by atoms with Crippen molar-refractivity contribution in [3.05, 3.63) is 59.9 Å². The van der Waals surface area contributed by atoms with E-state index in [0.717, 1.165) is 118 Å². The SMILES string of the molecule is CC(C)(C)OC(=O)NC(CC1CC1)C(=O)O.COC(=O)[C@@H](C)C[C@@H]1CCNC1=O.COC(=O)[C@@H](N)C[C@@H]1CCNC1=O.COC(=O)[C@H](C[C@@H]1CCCC1=O)NC(=O)[C@@H](C)CC1CC1.COC(=O)[C@H](C[C@@H]1CCCC1=O)NC(=O)[C@@H](N)CC1CC1.COC(=O)[C@H](C[C@@H]1CCCC1=O)NC(=O)[C@H](CC1CC1)NC(=O)c1cc2c(OC)cccc2[nH]1.COc1cccc2[nH]c(C(=O)O)cc12.Cl.Cl. The first-order valence-corrected chi connectivity index (χ1v) is 45.7. The molecule has 0 radical (unpaired) electrons. The van der Waals surface area contributed by atoms with Crippen LogP contribution in [0.1, 0.15) is 235 Å². The number of aliphatic carboxylic acids is 1. The van der Waals surface area contributed by atoms with Gasteiger partial charge in [0.05, 0.1) is 61.7 Å². The minimum Gasteiger partial charge on any atom is -0.496 e. The van der Waals surface area contributed by atoms with E-state index in [4.69, 9.17) is 50.1 Å². The number of H-pyrrole nitrogens is 2. The number of Topliss-reactive ketones (excluding diaryl/α,β-unsaturated/α-hetero) is 3. The maximum absolute atomic E-state index is 13.2. The number of carbonyl (C=O) groups is 17. The van der Waals surface area contributed by atoms with Crippen LogP contribution in [-0.2, 0) is 95.5 Å². The van der Waals surface area contributed by atoms with Gasteiger partial charge >= 0.3 is 47.9 Å². The molecule has 746 valence electrons. The maximum atomic E-state index is 13.2. The number of aromatic carboxylic acids is 1. The number of hydrogen-bond acceptors (Lipinski definition) is 27. The van der Waals surface area contributed by atoms with Gasteiger partial charge < -0.3 is 107 Å². The molecule has 2 aliphatic heterocycles. The molecule has 134 heavy (non-hydrogen) atoms. The molecule has 2 aromatic heterocycles. The van der Waals surface area contributed by atoms with Gasteiger partial charge in [0.15, 0.2) is 0 Å². The molecule has 13 rings (SSSR count). The van der Waals surface area contributed by atoms with Crippen LogP contribution in [0.2, 0.25) is 0 Å². The molecule has 38 nitrogen and oxygen atoms in total. The fourth-order valence-electron chi connectivity index (χ4n) is 16.4. The number of esters is 5. The molecule has 9 aliphatic rings. The summed E-state index contributed by atoms with van der Waals surface area (Å²) in [5.41, 5.74) is 12.8. The van der Waals surface area contributed by atoms with Gasteiger partial charge in [-0.3, -0.25) is 52.7 Å². The Morgan fingerprint density at radius 3 is 1.17 bits per heavy atom. The summed E-state index contributed by atoms with van der Waals surface area (Å²) in [6, 6.07) is 8.83. The van der Waals surface area contributed by atoms with Gasteiger partial charge in [-0.25, -0.2) is 28.8 Å². The molecule has 4 aromatic rings. The number of hydrogen-bond donors (Lipinski definition) is 13. The Balaban J connectivity index is 0.000000284. The molecule has 7 saturated carbocycles. The highest BCUT2D eigenvalue weighted by atomic mass is 35.5. The smallest absolute Gasteiger partial charge is 0.408 e. The van der Waals surface area contributed by atoms with Gasteiger partial charge in [0, 0.05) is 89.7 Å². The summed E-state index contributed by atoms with van der Waals surface area (Å²) in [6.07, 6.45) is 20.5. The molecule has 1 unspecified atom stereocenters. The molecule has 7 aliphatic carbocycles. The lowest BCUT2D eigenvalue weighted by molar-refractivity contribution is -0.146. The summed E-state index contributed by atoms with van der Waals surface area (Å²) >= 11 is 0. The highest BCUT2D eigenvalue weighted by Gasteiger charge is 2.41. The van der Waals surface area contributed by atoms with E-state index in [1.54, 1.807) is 60.1 Å². The minimum atomic E-state index is -1.00. The quantitative estimate of drug-likeness (QED) is 0.0149. The van der Waals surface area contributed by atoms with Crippen molar-refractivity contribution in [1.82, 2.24) is 47.2 Å². The van der Waals surface area contributed by atoms with Gasteiger partial charge in [0.2, 0.25) is 29.5 Å². The standard InChI is InChI=1S/C25H31N3O6.C16H25NO4.C15H24N2O4.C11H19NO4.C10H9NO3.C9H15NO3.C8H14N2O3.2ClH/c1-33-22-8-4-6-17-16(22)13-19(26-17)24(31)27-18(11-14-9-10-14)23(30)28-20(25(32)34-2)12-15-5-3-7-21(15)29;1-10(8-11-6-7-11)15(19)17-13(16(20)21-2)9-12-4-3-5-14(12)18;1-21-15(20)12(8-10-3-2-4-13(10)18)17-14(19)11(16)7-9-5-6-9;1-11(2,3)16-10(15)12-8(9(13)14)6-7-4-5-7;1-14-9-4-2-3-7-6(9)5-8(11-7)10(12)13;1-6(9(12)13-2)5-7-3-4-10-8(7)11;1-13-8(12)6(9)4-5-2-3-10-7(5)11;;/h4,6,8,13-15,18,20,26H,3,5,7,9-12H2,1-2H3,(H,27,31)(H,28,30);10-13H,3-9H2,1-2H3,(H,17,19);9-12H,2-8,16H2,1H3,(H,17,19);7-8H,4-6H2,1-3H3,(H,12,15)(H,13,14);2-5,11H,1H3,(H,12,13);6-7H,3-5H2,1-2H3,(H,10,11);5-6H,2-4,9H2,1H3,(H,10,11);2*1H/t15-,18-,20-;10-,12-,13-;10-,11-,12-;;;6-,7-;5-,6-;;/m000..00../s1. The number of benzene rings is 2. The third-order valence-corrected chi connectivity index (χ3v) is 24.6. The Morgan fingerprint density at radius 1 is 0.410 bits per heavy atom. The van der Waals surface area contributed by atoms with Crippen molar-refractivity contribution in [2.45, 2.75) is 262 Å². The fourth-order valence-corrected chi connectivity index (χ4v) is 16.4. The number of nitrogens with two attached hydrogens (primary N) is 2. The molecule has 2 aromatic carbocycles. The first kappa shape index (κ1) is 114. The number of fused-ring (bicyclic) bond motifs is 2. The van der Waals surface area contributed by atoms with E-state index in [1.165, 1.54) is 48.4 Å². The van der Waals surface area contributed by atoms with E-state index in [9.17, 15) is 81.5 Å². The minimum absolute atomic E-state index is 0. The topological polar surface area (TPSA) is 572 Å². The second-order valence-corrected chi connectivity index (χ2v) is 36.5. The molecule has 40 heteroatoms. The van der Waals surface area contributed by atoms with Crippen LogP contribution >= 0.6 is 24.8 Å². The van der Waals surface area contributed by atoms with Crippen LogP contribution in [0.3, 0.4) is 0 Å². The Bertz CT molecular complexity index is 4530. The van der Waals surface area contributed by atoms with Crippen LogP contribution < -0.4 is 58.2 Å². The fraction of sp³-hybridized carbons (Fsp3) is 0.649.